The minimum absolute atomic E-state index is 0.301. The van der Waals surface area contributed by atoms with Crippen LogP contribution in [-0.4, -0.2) is 29.1 Å². The normalized spacial score (nSPS) is 26.4. The zero-order chi connectivity index (χ0) is 12.6. The van der Waals surface area contributed by atoms with E-state index in [1.165, 1.54) is 13.8 Å². The van der Waals surface area contributed by atoms with Gasteiger partial charge in [0.25, 0.3) is 0 Å². The topological polar surface area (TPSA) is 63.7 Å². The van der Waals surface area contributed by atoms with Crippen LogP contribution in [0.15, 0.2) is 30.3 Å². The lowest BCUT2D eigenvalue weighted by atomic mass is 9.89. The van der Waals surface area contributed by atoms with Crippen molar-refractivity contribution in [3.05, 3.63) is 35.9 Å². The molecule has 0 saturated carbocycles. The first kappa shape index (κ1) is 11.7. The van der Waals surface area contributed by atoms with Gasteiger partial charge in [-0.2, -0.15) is 0 Å². The molecule has 1 saturated heterocycles. The first-order valence-electron chi connectivity index (χ1n) is 5.29. The summed E-state index contributed by atoms with van der Waals surface area (Å²) in [5.41, 5.74) is -1.20. The first-order chi connectivity index (χ1) is 8.00. The zero-order valence-corrected chi connectivity index (χ0v) is 9.60. The van der Waals surface area contributed by atoms with Gasteiger partial charge in [-0.05, 0) is 13.8 Å². The fourth-order valence-electron chi connectivity index (χ4n) is 1.93. The van der Waals surface area contributed by atoms with Crippen LogP contribution in [-0.2, 0) is 14.3 Å². The summed E-state index contributed by atoms with van der Waals surface area (Å²) in [5.74, 6) is -1.16. The smallest absolute Gasteiger partial charge is 0.222 e. The maximum Gasteiger partial charge on any atom is 0.222 e. The van der Waals surface area contributed by atoms with Gasteiger partial charge in [0.15, 0.2) is 17.7 Å². The highest BCUT2D eigenvalue weighted by Crippen LogP contribution is 2.41. The average molecular weight is 232 g/mol. The van der Waals surface area contributed by atoms with E-state index in [2.05, 4.69) is 0 Å². The molecule has 1 aliphatic rings. The van der Waals surface area contributed by atoms with Crippen molar-refractivity contribution in [3.8, 4) is 0 Å². The predicted molar refractivity (Wildman–Crippen MR) is 59.7 cm³/mol. The van der Waals surface area contributed by atoms with Gasteiger partial charge in [0.05, 0.1) is 0 Å². The van der Waals surface area contributed by atoms with E-state index in [1.54, 1.807) is 30.3 Å². The van der Waals surface area contributed by atoms with Crippen molar-refractivity contribution in [2.45, 2.75) is 25.6 Å². The van der Waals surface area contributed by atoms with E-state index in [4.69, 9.17) is 4.74 Å². The Kier molecular flexibility index (Phi) is 2.67. The lowest BCUT2D eigenvalue weighted by molar-refractivity contribution is -0.121. The van der Waals surface area contributed by atoms with Gasteiger partial charge in [0, 0.05) is 5.56 Å². The number of carbonyl (C=O) groups is 3. The summed E-state index contributed by atoms with van der Waals surface area (Å²) in [6.07, 6.45) is -0.923. The molecule has 4 heteroatoms. The van der Waals surface area contributed by atoms with Crippen molar-refractivity contribution in [2.24, 2.45) is 0 Å². The molecular weight excluding hydrogens is 220 g/mol. The maximum absolute atomic E-state index is 12.2. The third kappa shape index (κ3) is 1.70. The van der Waals surface area contributed by atoms with Gasteiger partial charge in [-0.1, -0.05) is 30.3 Å². The van der Waals surface area contributed by atoms with Crippen LogP contribution in [0.5, 0.6) is 0 Å². The van der Waals surface area contributed by atoms with Crippen LogP contribution in [0, 0.1) is 0 Å². The lowest BCUT2D eigenvalue weighted by Gasteiger charge is -2.07. The SMILES string of the molecule is CC(=O)[C@@H]1O[C@@]1(C(C)=O)C(=O)c1ccccc1. The molecule has 0 aliphatic carbocycles. The molecule has 0 N–H and O–H groups in total. The minimum atomic E-state index is -1.58. The molecule has 1 aromatic rings. The van der Waals surface area contributed by atoms with Crippen LogP contribution >= 0.6 is 0 Å². The van der Waals surface area contributed by atoms with E-state index >= 15 is 0 Å². The molecule has 0 bridgehead atoms. The lowest BCUT2D eigenvalue weighted by Crippen LogP contribution is -2.36. The number of ketones is 3. The highest BCUT2D eigenvalue weighted by atomic mass is 16.6. The Hall–Kier alpha value is -1.81. The third-order valence-corrected chi connectivity index (χ3v) is 2.88. The van der Waals surface area contributed by atoms with Gasteiger partial charge in [-0.15, -0.1) is 0 Å². The van der Waals surface area contributed by atoms with E-state index in [0.717, 1.165) is 0 Å². The van der Waals surface area contributed by atoms with Crippen LogP contribution in [0.1, 0.15) is 24.2 Å². The molecule has 0 radical (unpaired) electrons. The van der Waals surface area contributed by atoms with Crippen LogP contribution in [0.3, 0.4) is 0 Å². The number of epoxide rings is 1. The van der Waals surface area contributed by atoms with Crippen molar-refractivity contribution < 1.29 is 19.1 Å². The standard InChI is InChI=1S/C13H12O4/c1-8(14)12-13(17-12,9(2)15)11(16)10-6-4-3-5-7-10/h3-7,12H,1-2H3/t12-,13-/m0/s1. The summed E-state index contributed by atoms with van der Waals surface area (Å²) in [4.78, 5) is 35.0. The highest BCUT2D eigenvalue weighted by Gasteiger charge is 2.68. The molecular formula is C13H12O4. The molecule has 1 heterocycles. The molecule has 0 unspecified atom stereocenters. The van der Waals surface area contributed by atoms with E-state index in [9.17, 15) is 14.4 Å². The molecule has 1 fully saturated rings. The van der Waals surface area contributed by atoms with Gasteiger partial charge in [-0.3, -0.25) is 14.4 Å². The number of carbonyl (C=O) groups excluding carboxylic acids is 3. The van der Waals surface area contributed by atoms with E-state index in [1.807, 2.05) is 0 Å². The molecule has 0 spiro atoms. The van der Waals surface area contributed by atoms with Crippen molar-refractivity contribution in [1.82, 2.24) is 0 Å². The van der Waals surface area contributed by atoms with E-state index in [0.29, 0.717) is 5.56 Å². The van der Waals surface area contributed by atoms with Crippen molar-refractivity contribution >= 4 is 17.3 Å². The quantitative estimate of drug-likeness (QED) is 0.444. The summed E-state index contributed by atoms with van der Waals surface area (Å²) >= 11 is 0. The van der Waals surface area contributed by atoms with Gasteiger partial charge in [0.1, 0.15) is 0 Å². The van der Waals surface area contributed by atoms with Gasteiger partial charge < -0.3 is 4.74 Å². The Labute approximate surface area is 98.6 Å². The fraction of sp³-hybridized carbons (Fsp3) is 0.308. The average Bonchev–Trinajstić information content (AvgIpc) is 3.06. The van der Waals surface area contributed by atoms with Gasteiger partial charge in [-0.25, -0.2) is 0 Å². The predicted octanol–water partition coefficient (Wildman–Crippen LogP) is 1.18. The largest absolute Gasteiger partial charge is 0.341 e. The molecule has 1 aromatic carbocycles. The Bertz CT molecular complexity index is 491. The summed E-state index contributed by atoms with van der Waals surface area (Å²) in [6, 6.07) is 8.38. The van der Waals surface area contributed by atoms with Gasteiger partial charge in [0.2, 0.25) is 11.4 Å². The number of hydrogen-bond donors (Lipinski definition) is 0. The molecule has 4 nitrogen and oxygen atoms in total. The molecule has 0 aromatic heterocycles. The summed E-state index contributed by atoms with van der Waals surface area (Å²) in [6.45, 7) is 2.58. The Balaban J connectivity index is 2.36. The Morgan fingerprint density at radius 1 is 1.12 bits per heavy atom. The number of rotatable bonds is 4. The van der Waals surface area contributed by atoms with E-state index in [-0.39, 0.29) is 5.78 Å². The molecule has 2 rings (SSSR count). The number of Topliss-reactive ketones (excluding diaryl/α,β-unsaturated/α-hetero) is 3. The number of benzene rings is 1. The third-order valence-electron chi connectivity index (χ3n) is 2.88. The van der Waals surface area contributed by atoms with Crippen molar-refractivity contribution in [2.75, 3.05) is 0 Å². The zero-order valence-electron chi connectivity index (χ0n) is 9.60. The van der Waals surface area contributed by atoms with Gasteiger partial charge >= 0.3 is 0 Å². The monoisotopic (exact) mass is 232 g/mol. The summed E-state index contributed by atoms with van der Waals surface area (Å²) < 4.78 is 5.10. The van der Waals surface area contributed by atoms with Crippen LogP contribution in [0.4, 0.5) is 0 Å². The minimum Gasteiger partial charge on any atom is -0.341 e. The van der Waals surface area contributed by atoms with Crippen molar-refractivity contribution in [1.29, 1.82) is 0 Å². The summed E-state index contributed by atoms with van der Waals surface area (Å²) in [7, 11) is 0. The first-order valence-corrected chi connectivity index (χ1v) is 5.29. The highest BCUT2D eigenvalue weighted by molar-refractivity contribution is 6.23. The number of ether oxygens (including phenoxy) is 1. The molecule has 0 amide bonds. The van der Waals surface area contributed by atoms with E-state index < -0.39 is 23.3 Å². The Morgan fingerprint density at radius 3 is 2.12 bits per heavy atom. The van der Waals surface area contributed by atoms with Crippen LogP contribution in [0.25, 0.3) is 0 Å². The van der Waals surface area contributed by atoms with Crippen LogP contribution < -0.4 is 0 Å². The fourth-order valence-corrected chi connectivity index (χ4v) is 1.93. The second-order valence-corrected chi connectivity index (χ2v) is 4.10. The Morgan fingerprint density at radius 2 is 1.71 bits per heavy atom. The second-order valence-electron chi connectivity index (χ2n) is 4.10. The molecule has 1 aliphatic heterocycles. The van der Waals surface area contributed by atoms with Crippen molar-refractivity contribution in [3.63, 3.8) is 0 Å². The second kappa shape index (κ2) is 3.89. The molecule has 88 valence electrons. The maximum atomic E-state index is 12.2. The molecule has 2 atom stereocenters. The molecule has 17 heavy (non-hydrogen) atoms. The summed E-state index contributed by atoms with van der Waals surface area (Å²) in [5, 5.41) is 0. The van der Waals surface area contributed by atoms with Crippen LogP contribution in [0.2, 0.25) is 0 Å². The number of hydrogen-bond acceptors (Lipinski definition) is 4.